The molecule has 0 aromatic carbocycles. The molecule has 0 aromatic rings. The molecule has 0 unspecified atom stereocenters. The van der Waals surface area contributed by atoms with Crippen LogP contribution in [0.5, 0.6) is 0 Å². The molecule has 0 N–H and O–H groups in total. The van der Waals surface area contributed by atoms with Gasteiger partial charge in [0.15, 0.2) is 0 Å². The number of amides is 1. The minimum absolute atomic E-state index is 0.0515. The predicted molar refractivity (Wildman–Crippen MR) is 71.8 cm³/mol. The first-order valence-corrected chi connectivity index (χ1v) is 7.45. The molecule has 1 heterocycles. The number of carbonyl (C=O) groups excluding carboxylic acids is 1. The van der Waals surface area contributed by atoms with E-state index in [-0.39, 0.29) is 24.2 Å². The van der Waals surface area contributed by atoms with Crippen LogP contribution in [-0.2, 0) is 14.3 Å². The van der Waals surface area contributed by atoms with Crippen LogP contribution in [-0.4, -0.2) is 49.3 Å². The van der Waals surface area contributed by atoms with Crippen LogP contribution in [0.2, 0.25) is 0 Å². The molecular weight excluding hydrogens is 242 g/mol. The van der Waals surface area contributed by atoms with Crippen LogP contribution >= 0.6 is 0 Å². The number of allylic oxidation sites excluding steroid dienone is 1. The molecule has 19 heavy (non-hydrogen) atoms. The smallest absolute Gasteiger partial charge is 0.249 e. The summed E-state index contributed by atoms with van der Waals surface area (Å²) < 4.78 is 11.4. The summed E-state index contributed by atoms with van der Waals surface area (Å²) in [5.74, 6) is 0.220. The first kappa shape index (κ1) is 13.1. The average molecular weight is 265 g/mol. The molecule has 0 radical (unpaired) electrons. The first-order valence-electron chi connectivity index (χ1n) is 7.45. The number of fused-ring (bicyclic) bond motifs is 2. The summed E-state index contributed by atoms with van der Waals surface area (Å²) in [5.41, 5.74) is 1.01. The van der Waals surface area contributed by atoms with Crippen LogP contribution in [0.15, 0.2) is 11.6 Å². The number of methoxy groups -OCH3 is 1. The number of nitrogens with zero attached hydrogens (tertiary/aromatic N) is 1. The van der Waals surface area contributed by atoms with Gasteiger partial charge in [0.2, 0.25) is 5.91 Å². The third-order valence-corrected chi connectivity index (χ3v) is 4.66. The van der Waals surface area contributed by atoms with Crippen molar-refractivity contribution in [3.8, 4) is 0 Å². The summed E-state index contributed by atoms with van der Waals surface area (Å²) in [6.07, 6.45) is 8.70. The predicted octanol–water partition coefficient (Wildman–Crippen LogP) is 1.89. The second kappa shape index (κ2) is 5.63. The van der Waals surface area contributed by atoms with Gasteiger partial charge in [-0.05, 0) is 38.5 Å². The fraction of sp³-hybridized carbons (Fsp3) is 0.800. The van der Waals surface area contributed by atoms with Gasteiger partial charge in [0.05, 0.1) is 18.8 Å². The molecule has 1 saturated heterocycles. The Morgan fingerprint density at radius 2 is 2.32 bits per heavy atom. The molecule has 3 atom stereocenters. The van der Waals surface area contributed by atoms with Crippen molar-refractivity contribution in [2.45, 2.75) is 56.8 Å². The zero-order valence-corrected chi connectivity index (χ0v) is 11.6. The fourth-order valence-electron chi connectivity index (χ4n) is 3.67. The van der Waals surface area contributed by atoms with Crippen LogP contribution in [0.3, 0.4) is 0 Å². The van der Waals surface area contributed by atoms with E-state index in [2.05, 4.69) is 6.08 Å². The normalized spacial score (nSPS) is 34.9. The van der Waals surface area contributed by atoms with Crippen LogP contribution in [0.1, 0.15) is 38.5 Å². The van der Waals surface area contributed by atoms with E-state index in [1.807, 2.05) is 4.90 Å². The van der Waals surface area contributed by atoms with Crippen molar-refractivity contribution < 1.29 is 14.3 Å². The topological polar surface area (TPSA) is 38.8 Å². The molecule has 1 saturated carbocycles. The molecule has 0 aromatic heterocycles. The van der Waals surface area contributed by atoms with Crippen molar-refractivity contribution in [2.24, 2.45) is 0 Å². The molecule has 2 aliphatic carbocycles. The fourth-order valence-corrected chi connectivity index (χ4v) is 3.67. The zero-order valence-electron chi connectivity index (χ0n) is 11.6. The standard InChI is InChI=1S/C15H23NO3/c1-18-14-12-7-8-13(14)19-10-9-16(12)15(17)11-5-3-2-4-6-11/h5,12-14H,2-4,6-10H2,1H3/t12-,13-,14-/m1/s1. The molecule has 4 heteroatoms. The van der Waals surface area contributed by atoms with Crippen LogP contribution in [0, 0.1) is 0 Å². The second-order valence-electron chi connectivity index (χ2n) is 5.73. The molecule has 1 aliphatic heterocycles. The summed E-state index contributed by atoms with van der Waals surface area (Å²) >= 11 is 0. The van der Waals surface area contributed by atoms with Gasteiger partial charge in [0, 0.05) is 19.2 Å². The molecular formula is C15H23NO3. The number of hydrogen-bond acceptors (Lipinski definition) is 3. The van der Waals surface area contributed by atoms with Gasteiger partial charge in [0.1, 0.15) is 6.10 Å². The Hall–Kier alpha value is -0.870. The molecule has 0 spiro atoms. The van der Waals surface area contributed by atoms with Crippen molar-refractivity contribution >= 4 is 5.91 Å². The number of carbonyl (C=O) groups is 1. The number of hydrogen-bond donors (Lipinski definition) is 0. The number of ether oxygens (including phenoxy) is 2. The highest BCUT2D eigenvalue weighted by Crippen LogP contribution is 2.33. The Bertz CT molecular complexity index is 380. The molecule has 2 fully saturated rings. The van der Waals surface area contributed by atoms with Crippen LogP contribution in [0.25, 0.3) is 0 Å². The monoisotopic (exact) mass is 265 g/mol. The van der Waals surface area contributed by atoms with E-state index in [9.17, 15) is 4.79 Å². The minimum atomic E-state index is 0.0515. The Balaban J connectivity index is 1.78. The van der Waals surface area contributed by atoms with E-state index in [4.69, 9.17) is 9.47 Å². The summed E-state index contributed by atoms with van der Waals surface area (Å²) in [5, 5.41) is 0. The van der Waals surface area contributed by atoms with Gasteiger partial charge in [-0.25, -0.2) is 0 Å². The van der Waals surface area contributed by atoms with Gasteiger partial charge in [-0.1, -0.05) is 6.08 Å². The van der Waals surface area contributed by atoms with Crippen LogP contribution < -0.4 is 0 Å². The highest BCUT2D eigenvalue weighted by Gasteiger charge is 2.44. The summed E-state index contributed by atoms with van der Waals surface area (Å²) in [6, 6.07) is 0.202. The van der Waals surface area contributed by atoms with Gasteiger partial charge in [-0.3, -0.25) is 4.79 Å². The van der Waals surface area contributed by atoms with Gasteiger partial charge >= 0.3 is 0 Å². The lowest BCUT2D eigenvalue weighted by molar-refractivity contribution is -0.131. The third kappa shape index (κ3) is 2.43. The maximum absolute atomic E-state index is 12.7. The Morgan fingerprint density at radius 3 is 3.05 bits per heavy atom. The van der Waals surface area contributed by atoms with Crippen molar-refractivity contribution in [1.29, 1.82) is 0 Å². The quantitative estimate of drug-likeness (QED) is 0.765. The Labute approximate surface area is 114 Å². The van der Waals surface area contributed by atoms with E-state index < -0.39 is 0 Å². The van der Waals surface area contributed by atoms with Crippen LogP contribution in [0.4, 0.5) is 0 Å². The van der Waals surface area contributed by atoms with Crippen molar-refractivity contribution in [3.05, 3.63) is 11.6 Å². The van der Waals surface area contributed by atoms with Crippen molar-refractivity contribution in [3.63, 3.8) is 0 Å². The molecule has 3 aliphatic rings. The largest absolute Gasteiger partial charge is 0.377 e. The van der Waals surface area contributed by atoms with E-state index in [1.165, 1.54) is 6.42 Å². The average Bonchev–Trinajstić information content (AvgIpc) is 2.75. The van der Waals surface area contributed by atoms with E-state index in [0.717, 1.165) is 37.7 Å². The van der Waals surface area contributed by atoms with E-state index in [0.29, 0.717) is 13.2 Å². The van der Waals surface area contributed by atoms with Gasteiger partial charge < -0.3 is 14.4 Å². The molecule has 106 valence electrons. The zero-order chi connectivity index (χ0) is 13.2. The lowest BCUT2D eigenvalue weighted by Gasteiger charge is -2.32. The Morgan fingerprint density at radius 1 is 1.42 bits per heavy atom. The second-order valence-corrected chi connectivity index (χ2v) is 5.73. The lowest BCUT2D eigenvalue weighted by Crippen LogP contribution is -2.46. The molecule has 4 nitrogen and oxygen atoms in total. The lowest BCUT2D eigenvalue weighted by atomic mass is 9.97. The van der Waals surface area contributed by atoms with E-state index >= 15 is 0 Å². The summed E-state index contributed by atoms with van der Waals surface area (Å²) in [6.45, 7) is 1.34. The molecule has 2 bridgehead atoms. The van der Waals surface area contributed by atoms with E-state index in [1.54, 1.807) is 7.11 Å². The third-order valence-electron chi connectivity index (χ3n) is 4.66. The molecule has 3 rings (SSSR count). The summed E-state index contributed by atoms with van der Waals surface area (Å²) in [7, 11) is 1.73. The highest BCUT2D eigenvalue weighted by molar-refractivity contribution is 5.93. The minimum Gasteiger partial charge on any atom is -0.377 e. The maximum atomic E-state index is 12.7. The number of rotatable bonds is 2. The van der Waals surface area contributed by atoms with Gasteiger partial charge in [0.25, 0.3) is 0 Å². The highest BCUT2D eigenvalue weighted by atomic mass is 16.5. The maximum Gasteiger partial charge on any atom is 0.249 e. The Kier molecular flexibility index (Phi) is 3.89. The first-order chi connectivity index (χ1) is 9.31. The SMILES string of the molecule is CO[C@@H]1[C@H]2CC[C@H]1OCCN2C(=O)C1=CCCCC1. The molecule has 1 amide bonds. The van der Waals surface area contributed by atoms with Crippen molar-refractivity contribution in [2.75, 3.05) is 20.3 Å². The van der Waals surface area contributed by atoms with Crippen molar-refractivity contribution in [1.82, 2.24) is 4.90 Å². The van der Waals surface area contributed by atoms with Gasteiger partial charge in [-0.2, -0.15) is 0 Å². The van der Waals surface area contributed by atoms with Gasteiger partial charge in [-0.15, -0.1) is 0 Å². The summed E-state index contributed by atoms with van der Waals surface area (Å²) in [4.78, 5) is 14.7.